The number of fused-ring (bicyclic) bond motifs is 2. The van der Waals surface area contributed by atoms with Gasteiger partial charge in [-0.15, -0.1) is 11.3 Å². The first-order valence-corrected chi connectivity index (χ1v) is 6.68. The normalized spacial score (nSPS) is 11.4. The number of hydrogen-bond donors (Lipinski definition) is 1. The van der Waals surface area contributed by atoms with Crippen LogP contribution in [-0.4, -0.2) is 9.97 Å². The molecule has 0 aliphatic carbocycles. The smallest absolute Gasteiger partial charge is 0.166 e. The summed E-state index contributed by atoms with van der Waals surface area (Å²) in [5, 5.41) is 3.87. The van der Waals surface area contributed by atoms with Gasteiger partial charge in [-0.1, -0.05) is 18.2 Å². The molecule has 0 unspecified atom stereocenters. The van der Waals surface area contributed by atoms with Gasteiger partial charge in [-0.25, -0.2) is 9.97 Å². The summed E-state index contributed by atoms with van der Waals surface area (Å²) in [5.74, 6) is 1.11. The first kappa shape index (κ1) is 10.5. The van der Waals surface area contributed by atoms with Crippen LogP contribution in [0.4, 0.5) is 5.82 Å². The molecule has 0 fully saturated rings. The molecule has 0 saturated carbocycles. The molecule has 0 saturated heterocycles. The van der Waals surface area contributed by atoms with Crippen molar-refractivity contribution in [1.29, 1.82) is 0 Å². The van der Waals surface area contributed by atoms with E-state index >= 15 is 0 Å². The lowest BCUT2D eigenvalue weighted by Crippen LogP contribution is -1.95. The third kappa shape index (κ3) is 1.52. The van der Waals surface area contributed by atoms with Crippen LogP contribution in [0.15, 0.2) is 46.4 Å². The molecule has 0 bridgehead atoms. The molecular weight excluding hydrogens is 258 g/mol. The number of nitrogens with zero attached hydrogens (tertiary/aromatic N) is 2. The summed E-state index contributed by atoms with van der Waals surface area (Å²) >= 11 is 1.56. The van der Waals surface area contributed by atoms with Gasteiger partial charge in [0.1, 0.15) is 22.5 Å². The lowest BCUT2D eigenvalue weighted by atomic mass is 10.1. The highest BCUT2D eigenvalue weighted by molar-refractivity contribution is 7.16. The quantitative estimate of drug-likeness (QED) is 0.571. The SMILES string of the molecule is Nc1nc(-c2coc3ccccc23)nc2sccc12. The van der Waals surface area contributed by atoms with E-state index in [0.29, 0.717) is 11.6 Å². The first-order chi connectivity index (χ1) is 9.33. The number of benzene rings is 1. The van der Waals surface area contributed by atoms with Gasteiger partial charge in [0, 0.05) is 5.39 Å². The second kappa shape index (κ2) is 3.80. The fraction of sp³-hybridized carbons (Fsp3) is 0. The Morgan fingerprint density at radius 1 is 1.05 bits per heavy atom. The molecule has 0 aliphatic rings. The van der Waals surface area contributed by atoms with Crippen LogP contribution in [0.2, 0.25) is 0 Å². The maximum absolute atomic E-state index is 5.98. The van der Waals surface area contributed by atoms with E-state index in [2.05, 4.69) is 9.97 Å². The summed E-state index contributed by atoms with van der Waals surface area (Å²) in [7, 11) is 0. The molecular formula is C14H9N3OS. The maximum atomic E-state index is 5.98. The van der Waals surface area contributed by atoms with Crippen molar-refractivity contribution < 1.29 is 4.42 Å². The van der Waals surface area contributed by atoms with Crippen LogP contribution < -0.4 is 5.73 Å². The lowest BCUT2D eigenvalue weighted by molar-refractivity contribution is 0.616. The highest BCUT2D eigenvalue weighted by atomic mass is 32.1. The lowest BCUT2D eigenvalue weighted by Gasteiger charge is -2.00. The fourth-order valence-corrected chi connectivity index (χ4v) is 2.92. The Hall–Kier alpha value is -2.40. The summed E-state index contributed by atoms with van der Waals surface area (Å²) in [6, 6.07) is 9.76. The van der Waals surface area contributed by atoms with Gasteiger partial charge >= 0.3 is 0 Å². The Morgan fingerprint density at radius 3 is 2.89 bits per heavy atom. The van der Waals surface area contributed by atoms with E-state index in [0.717, 1.165) is 26.7 Å². The summed E-state index contributed by atoms with van der Waals surface area (Å²) in [5.41, 5.74) is 7.67. The van der Waals surface area contributed by atoms with Crippen LogP contribution in [0.1, 0.15) is 0 Å². The molecule has 4 rings (SSSR count). The van der Waals surface area contributed by atoms with Crippen molar-refractivity contribution in [3.8, 4) is 11.4 Å². The van der Waals surface area contributed by atoms with Crippen LogP contribution in [0.5, 0.6) is 0 Å². The Morgan fingerprint density at radius 2 is 1.95 bits per heavy atom. The van der Waals surface area contributed by atoms with Crippen molar-refractivity contribution in [3.63, 3.8) is 0 Å². The predicted octanol–water partition coefficient (Wildman–Crippen LogP) is 3.69. The number of anilines is 1. The molecule has 19 heavy (non-hydrogen) atoms. The van der Waals surface area contributed by atoms with E-state index in [9.17, 15) is 0 Å². The van der Waals surface area contributed by atoms with E-state index in [-0.39, 0.29) is 0 Å². The Balaban J connectivity index is 2.03. The van der Waals surface area contributed by atoms with Gasteiger partial charge in [0.05, 0.1) is 10.9 Å². The number of thiophene rings is 1. The molecule has 0 spiro atoms. The van der Waals surface area contributed by atoms with E-state index in [1.165, 1.54) is 0 Å². The summed E-state index contributed by atoms with van der Waals surface area (Å²) < 4.78 is 5.52. The highest BCUT2D eigenvalue weighted by Crippen LogP contribution is 2.31. The zero-order valence-electron chi connectivity index (χ0n) is 9.83. The van der Waals surface area contributed by atoms with Crippen molar-refractivity contribution in [2.45, 2.75) is 0 Å². The number of rotatable bonds is 1. The van der Waals surface area contributed by atoms with Crippen LogP contribution in [-0.2, 0) is 0 Å². The topological polar surface area (TPSA) is 64.9 Å². The third-order valence-corrected chi connectivity index (χ3v) is 3.88. The molecule has 0 radical (unpaired) electrons. The largest absolute Gasteiger partial charge is 0.464 e. The summed E-state index contributed by atoms with van der Waals surface area (Å²) in [4.78, 5) is 9.83. The minimum atomic E-state index is 0.506. The van der Waals surface area contributed by atoms with E-state index in [4.69, 9.17) is 10.2 Å². The van der Waals surface area contributed by atoms with Gasteiger partial charge in [0.15, 0.2) is 5.82 Å². The van der Waals surface area contributed by atoms with Gasteiger partial charge in [0.25, 0.3) is 0 Å². The molecule has 0 amide bonds. The molecule has 3 aromatic heterocycles. The van der Waals surface area contributed by atoms with Crippen molar-refractivity contribution in [2.24, 2.45) is 0 Å². The average Bonchev–Trinajstić information content (AvgIpc) is 3.04. The van der Waals surface area contributed by atoms with Crippen LogP contribution in [0.25, 0.3) is 32.6 Å². The molecule has 5 heteroatoms. The van der Waals surface area contributed by atoms with Crippen LogP contribution in [0, 0.1) is 0 Å². The molecule has 3 heterocycles. The van der Waals surface area contributed by atoms with Crippen molar-refractivity contribution in [2.75, 3.05) is 5.73 Å². The molecule has 4 nitrogen and oxygen atoms in total. The number of nitrogens with two attached hydrogens (primary N) is 1. The Bertz CT molecular complexity index is 894. The summed E-state index contributed by atoms with van der Waals surface area (Å²) in [6.07, 6.45) is 1.68. The second-order valence-corrected chi connectivity index (χ2v) is 5.11. The van der Waals surface area contributed by atoms with Gasteiger partial charge in [-0.3, -0.25) is 0 Å². The third-order valence-electron chi connectivity index (χ3n) is 3.08. The molecule has 1 aromatic carbocycles. The molecule has 2 N–H and O–H groups in total. The van der Waals surface area contributed by atoms with E-state index < -0.39 is 0 Å². The molecule has 0 aliphatic heterocycles. The molecule has 0 atom stereocenters. The van der Waals surface area contributed by atoms with E-state index in [1.807, 2.05) is 35.7 Å². The van der Waals surface area contributed by atoms with Crippen LogP contribution in [0.3, 0.4) is 0 Å². The predicted molar refractivity (Wildman–Crippen MR) is 77.0 cm³/mol. The standard InChI is InChI=1S/C14H9N3OS/c15-12-9-5-6-19-14(9)17-13(16-12)10-7-18-11-4-2-1-3-8(10)11/h1-7H,(H2,15,16,17). The average molecular weight is 267 g/mol. The fourth-order valence-electron chi connectivity index (χ4n) is 2.15. The minimum absolute atomic E-state index is 0.506. The molecule has 4 aromatic rings. The van der Waals surface area contributed by atoms with Crippen molar-refractivity contribution in [3.05, 3.63) is 42.0 Å². The van der Waals surface area contributed by atoms with Crippen LogP contribution >= 0.6 is 11.3 Å². The zero-order chi connectivity index (χ0) is 12.8. The number of hydrogen-bond acceptors (Lipinski definition) is 5. The molecule has 92 valence electrons. The number of nitrogen functional groups attached to an aromatic ring is 1. The number of aromatic nitrogens is 2. The van der Waals surface area contributed by atoms with Gasteiger partial charge in [-0.2, -0.15) is 0 Å². The van der Waals surface area contributed by atoms with E-state index in [1.54, 1.807) is 17.6 Å². The van der Waals surface area contributed by atoms with Crippen molar-refractivity contribution in [1.82, 2.24) is 9.97 Å². The Kier molecular flexibility index (Phi) is 2.10. The second-order valence-electron chi connectivity index (χ2n) is 4.22. The highest BCUT2D eigenvalue weighted by Gasteiger charge is 2.13. The van der Waals surface area contributed by atoms with Gasteiger partial charge in [0.2, 0.25) is 0 Å². The number of furan rings is 1. The van der Waals surface area contributed by atoms with Gasteiger partial charge in [-0.05, 0) is 17.5 Å². The first-order valence-electron chi connectivity index (χ1n) is 5.80. The summed E-state index contributed by atoms with van der Waals surface area (Å²) in [6.45, 7) is 0. The Labute approximate surface area is 112 Å². The number of para-hydroxylation sites is 1. The zero-order valence-corrected chi connectivity index (χ0v) is 10.6. The van der Waals surface area contributed by atoms with Crippen molar-refractivity contribution >= 4 is 38.3 Å². The maximum Gasteiger partial charge on any atom is 0.166 e. The van der Waals surface area contributed by atoms with Gasteiger partial charge < -0.3 is 10.2 Å². The monoisotopic (exact) mass is 267 g/mol. The minimum Gasteiger partial charge on any atom is -0.464 e.